The highest BCUT2D eigenvalue weighted by atomic mass is 19.4. The summed E-state index contributed by atoms with van der Waals surface area (Å²) < 4.78 is 40.6. The summed E-state index contributed by atoms with van der Waals surface area (Å²) in [5.74, 6) is -0.567. The van der Waals surface area contributed by atoms with Crippen molar-refractivity contribution in [2.75, 3.05) is 11.9 Å². The molecule has 0 aromatic heterocycles. The van der Waals surface area contributed by atoms with E-state index in [1.807, 2.05) is 6.07 Å². The fraction of sp³-hybridized carbons (Fsp3) is 0.385. The molecule has 0 saturated carbocycles. The molecule has 1 amide bonds. The number of amides is 1. The molecule has 1 aromatic rings. The van der Waals surface area contributed by atoms with E-state index in [0.29, 0.717) is 0 Å². The van der Waals surface area contributed by atoms with Crippen LogP contribution in [0.15, 0.2) is 24.3 Å². The Hall–Kier alpha value is -2.23. The fourth-order valence-corrected chi connectivity index (χ4v) is 1.17. The number of ether oxygens (including phenoxy) is 1. The topological polar surface area (TPSA) is 62.1 Å². The number of anilines is 1. The van der Waals surface area contributed by atoms with Gasteiger partial charge in [0.1, 0.15) is 11.2 Å². The van der Waals surface area contributed by atoms with E-state index in [9.17, 15) is 18.0 Å². The molecule has 1 N–H and O–H groups in total. The van der Waals surface area contributed by atoms with Gasteiger partial charge in [-0.15, -0.1) is 0 Å². The number of nitriles is 1. The molecule has 1 rings (SSSR count). The van der Waals surface area contributed by atoms with Crippen molar-refractivity contribution in [1.29, 1.82) is 5.26 Å². The maximum absolute atomic E-state index is 12.0. The van der Waals surface area contributed by atoms with Gasteiger partial charge in [-0.05, 0) is 26.0 Å². The van der Waals surface area contributed by atoms with Crippen LogP contribution in [0.5, 0.6) is 5.75 Å². The van der Waals surface area contributed by atoms with Gasteiger partial charge in [0.15, 0.2) is 6.61 Å². The van der Waals surface area contributed by atoms with Crippen molar-refractivity contribution < 1.29 is 22.7 Å². The van der Waals surface area contributed by atoms with E-state index in [4.69, 9.17) is 5.26 Å². The first-order valence-electron chi connectivity index (χ1n) is 5.66. The Morgan fingerprint density at radius 1 is 1.40 bits per heavy atom. The van der Waals surface area contributed by atoms with Crippen LogP contribution in [-0.4, -0.2) is 18.7 Å². The summed E-state index contributed by atoms with van der Waals surface area (Å²) in [6, 6.07) is 7.37. The predicted octanol–water partition coefficient (Wildman–Crippen LogP) is 3.12. The number of rotatable bonds is 4. The zero-order valence-corrected chi connectivity index (χ0v) is 10.9. The van der Waals surface area contributed by atoms with Gasteiger partial charge in [-0.25, -0.2) is 0 Å². The quantitative estimate of drug-likeness (QED) is 0.925. The van der Waals surface area contributed by atoms with Crippen molar-refractivity contribution in [2.24, 2.45) is 5.41 Å². The van der Waals surface area contributed by atoms with Gasteiger partial charge in [-0.1, -0.05) is 6.07 Å². The van der Waals surface area contributed by atoms with Crippen LogP contribution in [0.3, 0.4) is 0 Å². The Balaban J connectivity index is 2.75. The molecule has 0 unspecified atom stereocenters. The van der Waals surface area contributed by atoms with E-state index in [-0.39, 0.29) is 11.4 Å². The van der Waals surface area contributed by atoms with Crippen LogP contribution >= 0.6 is 0 Å². The van der Waals surface area contributed by atoms with Crippen molar-refractivity contribution in [3.8, 4) is 11.8 Å². The molecule has 0 aliphatic rings. The number of alkyl halides is 3. The Morgan fingerprint density at radius 3 is 2.60 bits per heavy atom. The molecule has 0 spiro atoms. The average Bonchev–Trinajstić information content (AvgIpc) is 2.36. The Labute approximate surface area is 114 Å². The number of carbonyl (C=O) groups excluding carboxylic acids is 1. The van der Waals surface area contributed by atoms with Crippen LogP contribution in [0.25, 0.3) is 0 Å². The summed E-state index contributed by atoms with van der Waals surface area (Å²) >= 11 is 0. The van der Waals surface area contributed by atoms with Crippen LogP contribution < -0.4 is 10.1 Å². The maximum Gasteiger partial charge on any atom is 0.422 e. The second-order valence-corrected chi connectivity index (χ2v) is 4.62. The van der Waals surface area contributed by atoms with Crippen molar-refractivity contribution in [3.05, 3.63) is 24.3 Å². The Bertz CT molecular complexity index is 533. The fourth-order valence-electron chi connectivity index (χ4n) is 1.17. The lowest BCUT2D eigenvalue weighted by molar-refractivity contribution is -0.153. The number of hydrogen-bond acceptors (Lipinski definition) is 3. The number of hydrogen-bond donors (Lipinski definition) is 1. The third-order valence-electron chi connectivity index (χ3n) is 2.34. The average molecular weight is 286 g/mol. The van der Waals surface area contributed by atoms with Gasteiger partial charge in [0.25, 0.3) is 0 Å². The van der Waals surface area contributed by atoms with Crippen LogP contribution in [0.4, 0.5) is 18.9 Å². The minimum absolute atomic E-state index is 0.0186. The molecule has 20 heavy (non-hydrogen) atoms. The molecule has 0 heterocycles. The van der Waals surface area contributed by atoms with E-state index in [1.54, 1.807) is 0 Å². The minimum Gasteiger partial charge on any atom is -0.484 e. The molecule has 0 atom stereocenters. The number of benzene rings is 1. The molecule has 0 aliphatic carbocycles. The van der Waals surface area contributed by atoms with Crippen molar-refractivity contribution >= 4 is 11.6 Å². The zero-order valence-electron chi connectivity index (χ0n) is 10.9. The molecule has 4 nitrogen and oxygen atoms in total. The maximum atomic E-state index is 12.0. The van der Waals surface area contributed by atoms with Gasteiger partial charge in [0.2, 0.25) is 5.91 Å². The molecule has 0 radical (unpaired) electrons. The van der Waals surface area contributed by atoms with Crippen LogP contribution in [-0.2, 0) is 4.79 Å². The molecule has 7 heteroatoms. The number of halogens is 3. The summed E-state index contributed by atoms with van der Waals surface area (Å²) in [5.41, 5.74) is -0.971. The summed E-state index contributed by atoms with van der Waals surface area (Å²) in [4.78, 5) is 11.7. The number of carbonyl (C=O) groups is 1. The molecule has 0 fully saturated rings. The van der Waals surface area contributed by atoms with E-state index in [2.05, 4.69) is 10.1 Å². The number of nitrogens with one attached hydrogen (secondary N) is 1. The van der Waals surface area contributed by atoms with Gasteiger partial charge in [0.05, 0.1) is 6.07 Å². The minimum atomic E-state index is -4.43. The van der Waals surface area contributed by atoms with Gasteiger partial charge in [0, 0.05) is 11.8 Å². The largest absolute Gasteiger partial charge is 0.484 e. The normalized spacial score (nSPS) is 11.6. The summed E-state index contributed by atoms with van der Waals surface area (Å²) in [7, 11) is 0. The Kier molecular flexibility index (Phi) is 4.61. The van der Waals surface area contributed by atoms with Crippen molar-refractivity contribution in [2.45, 2.75) is 20.0 Å². The summed E-state index contributed by atoms with van der Waals surface area (Å²) in [6.45, 7) is 1.47. The molecule has 1 aromatic carbocycles. The van der Waals surface area contributed by atoms with E-state index >= 15 is 0 Å². The van der Waals surface area contributed by atoms with Gasteiger partial charge in [-0.3, -0.25) is 4.79 Å². The highest BCUT2D eigenvalue weighted by Crippen LogP contribution is 2.23. The monoisotopic (exact) mass is 286 g/mol. The first-order valence-corrected chi connectivity index (χ1v) is 5.66. The standard InChI is InChI=1S/C13H13F3N2O2/c1-12(2,7-17)11(19)18-9-4-3-5-10(6-9)20-8-13(14,15)16/h3-6H,8H2,1-2H3,(H,18,19). The lowest BCUT2D eigenvalue weighted by Gasteiger charge is -2.15. The molecular weight excluding hydrogens is 273 g/mol. The summed E-state index contributed by atoms with van der Waals surface area (Å²) in [6.07, 6.45) is -4.43. The number of nitrogens with zero attached hydrogens (tertiary/aromatic N) is 1. The van der Waals surface area contributed by atoms with E-state index in [1.165, 1.54) is 38.1 Å². The van der Waals surface area contributed by atoms with Crippen molar-refractivity contribution in [1.82, 2.24) is 0 Å². The SMILES string of the molecule is CC(C)(C#N)C(=O)Nc1cccc(OCC(F)(F)F)c1. The first-order chi connectivity index (χ1) is 9.14. The lowest BCUT2D eigenvalue weighted by atomic mass is 9.94. The highest BCUT2D eigenvalue weighted by Gasteiger charge is 2.29. The smallest absolute Gasteiger partial charge is 0.422 e. The lowest BCUT2D eigenvalue weighted by Crippen LogP contribution is -2.29. The molecular formula is C13H13F3N2O2. The zero-order chi connectivity index (χ0) is 15.4. The van der Waals surface area contributed by atoms with Crippen LogP contribution in [0.1, 0.15) is 13.8 Å². The van der Waals surface area contributed by atoms with Gasteiger partial charge in [-0.2, -0.15) is 18.4 Å². The molecule has 0 saturated heterocycles. The summed E-state index contributed by atoms with van der Waals surface area (Å²) in [5, 5.41) is 11.3. The highest BCUT2D eigenvalue weighted by molar-refractivity contribution is 5.96. The van der Waals surface area contributed by atoms with Gasteiger partial charge >= 0.3 is 6.18 Å². The Morgan fingerprint density at radius 2 is 2.05 bits per heavy atom. The molecule has 0 aliphatic heterocycles. The second-order valence-electron chi connectivity index (χ2n) is 4.62. The third kappa shape index (κ3) is 4.80. The van der Waals surface area contributed by atoms with Crippen molar-refractivity contribution in [3.63, 3.8) is 0 Å². The van der Waals surface area contributed by atoms with Crippen LogP contribution in [0, 0.1) is 16.7 Å². The van der Waals surface area contributed by atoms with E-state index in [0.717, 1.165) is 0 Å². The van der Waals surface area contributed by atoms with Gasteiger partial charge < -0.3 is 10.1 Å². The molecule has 108 valence electrons. The first kappa shape index (κ1) is 15.8. The third-order valence-corrected chi connectivity index (χ3v) is 2.34. The second kappa shape index (κ2) is 5.82. The van der Waals surface area contributed by atoms with E-state index < -0.39 is 24.1 Å². The van der Waals surface area contributed by atoms with Crippen LogP contribution in [0.2, 0.25) is 0 Å². The predicted molar refractivity (Wildman–Crippen MR) is 66.0 cm³/mol. The molecule has 0 bridgehead atoms.